The lowest BCUT2D eigenvalue weighted by Crippen LogP contribution is -2.61. The van der Waals surface area contributed by atoms with Crippen LogP contribution in [0.2, 0.25) is 0 Å². The first-order chi connectivity index (χ1) is 15.1. The summed E-state index contributed by atoms with van der Waals surface area (Å²) in [6.45, 7) is 5.95. The molecule has 0 radical (unpaired) electrons. The van der Waals surface area contributed by atoms with E-state index < -0.39 is 41.3 Å². The van der Waals surface area contributed by atoms with Crippen LogP contribution in [0.25, 0.3) is 0 Å². The average Bonchev–Trinajstić information content (AvgIpc) is 3.43. The fraction of sp³-hybridized carbons (Fsp3) is 0.583. The second-order valence-electron chi connectivity index (χ2n) is 9.06. The van der Waals surface area contributed by atoms with Gasteiger partial charge < -0.3 is 24.4 Å². The van der Waals surface area contributed by atoms with Gasteiger partial charge in [0, 0.05) is 7.11 Å². The normalized spacial score (nSPS) is 33.9. The first-order valence-electron chi connectivity index (χ1n) is 10.7. The minimum absolute atomic E-state index is 0.00560. The molecule has 1 aromatic carbocycles. The summed E-state index contributed by atoms with van der Waals surface area (Å²) >= 11 is 6.21. The summed E-state index contributed by atoms with van der Waals surface area (Å²) < 4.78 is 17.6. The van der Waals surface area contributed by atoms with Crippen LogP contribution in [0.3, 0.4) is 0 Å². The Balaban J connectivity index is 1.86. The van der Waals surface area contributed by atoms with Gasteiger partial charge in [-0.25, -0.2) is 9.59 Å². The summed E-state index contributed by atoms with van der Waals surface area (Å²) in [6, 6.07) is 5.91. The highest BCUT2D eigenvalue weighted by Gasteiger charge is 2.67. The van der Waals surface area contributed by atoms with E-state index in [2.05, 4.69) is 6.08 Å². The number of methoxy groups -OCH3 is 1. The van der Waals surface area contributed by atoms with E-state index in [1.54, 1.807) is 12.1 Å². The van der Waals surface area contributed by atoms with E-state index in [1.165, 1.54) is 24.8 Å². The van der Waals surface area contributed by atoms with Crippen molar-refractivity contribution >= 4 is 23.5 Å². The van der Waals surface area contributed by atoms with Gasteiger partial charge in [0.05, 0.1) is 34.6 Å². The standard InChI is InChI=1S/C24H31ClO7/c1-14(2)9-10-18-23(3,32-18)20-19(30-4)17(11-12-24(20,29)13-25)31-22(28)16-8-6-5-7-15(16)21(26)27/h5-9,17-20,29H,10-13H2,1-4H3,(H,26,27)/t17-,18-,19-,20-,23+,24+/m1/s1. The molecule has 1 saturated carbocycles. The van der Waals surface area contributed by atoms with Gasteiger partial charge in [-0.1, -0.05) is 23.8 Å². The Bertz CT molecular complexity index is 896. The molecular weight excluding hydrogens is 436 g/mol. The smallest absolute Gasteiger partial charge is 0.339 e. The van der Waals surface area contributed by atoms with Gasteiger partial charge in [-0.2, -0.15) is 0 Å². The van der Waals surface area contributed by atoms with Crippen molar-refractivity contribution in [1.82, 2.24) is 0 Å². The van der Waals surface area contributed by atoms with Crippen molar-refractivity contribution in [3.63, 3.8) is 0 Å². The van der Waals surface area contributed by atoms with Crippen LogP contribution in [-0.2, 0) is 14.2 Å². The molecule has 0 spiro atoms. The number of esters is 1. The topological polar surface area (TPSA) is 106 Å². The molecule has 2 fully saturated rings. The maximum Gasteiger partial charge on any atom is 0.339 e. The number of halogens is 1. The number of benzene rings is 1. The maximum atomic E-state index is 12.9. The number of rotatable bonds is 8. The predicted molar refractivity (Wildman–Crippen MR) is 119 cm³/mol. The molecule has 2 aliphatic rings. The Kier molecular flexibility index (Phi) is 7.34. The Morgan fingerprint density at radius 3 is 2.50 bits per heavy atom. The zero-order chi connectivity index (χ0) is 23.7. The second-order valence-corrected chi connectivity index (χ2v) is 9.32. The van der Waals surface area contributed by atoms with Gasteiger partial charge in [0.25, 0.3) is 0 Å². The minimum Gasteiger partial charge on any atom is -0.478 e. The number of hydrogen-bond donors (Lipinski definition) is 2. The lowest BCUT2D eigenvalue weighted by atomic mass is 9.66. The fourth-order valence-corrected chi connectivity index (χ4v) is 5.18. The summed E-state index contributed by atoms with van der Waals surface area (Å²) in [5.74, 6) is -2.49. The van der Waals surface area contributed by atoms with Crippen molar-refractivity contribution in [3.05, 3.63) is 47.0 Å². The van der Waals surface area contributed by atoms with Crippen molar-refractivity contribution in [3.8, 4) is 0 Å². The first-order valence-corrected chi connectivity index (χ1v) is 11.3. The molecule has 1 aromatic rings. The molecule has 8 heteroatoms. The number of aromatic carboxylic acids is 1. The summed E-state index contributed by atoms with van der Waals surface area (Å²) in [6.07, 6.45) is 1.93. The molecule has 32 heavy (non-hydrogen) atoms. The molecule has 3 rings (SSSR count). The van der Waals surface area contributed by atoms with Crippen molar-refractivity contribution in [1.29, 1.82) is 0 Å². The van der Waals surface area contributed by atoms with Gasteiger partial charge in [-0.05, 0) is 52.2 Å². The number of aliphatic hydroxyl groups is 1. The van der Waals surface area contributed by atoms with Gasteiger partial charge in [0.15, 0.2) is 0 Å². The van der Waals surface area contributed by atoms with Crippen LogP contribution in [0.15, 0.2) is 35.9 Å². The third-order valence-electron chi connectivity index (χ3n) is 6.61. The molecule has 0 bridgehead atoms. The van der Waals surface area contributed by atoms with Crippen molar-refractivity contribution in [2.75, 3.05) is 13.0 Å². The molecule has 1 saturated heterocycles. The van der Waals surface area contributed by atoms with Crippen LogP contribution in [0, 0.1) is 5.92 Å². The van der Waals surface area contributed by atoms with E-state index >= 15 is 0 Å². The van der Waals surface area contributed by atoms with Gasteiger partial charge in [0.2, 0.25) is 0 Å². The SMILES string of the molecule is CO[C@@H]1[C@H](OC(=O)c2ccccc2C(=O)O)CC[C@](O)(CCl)[C@H]1[C@@]1(C)O[C@@H]1CC=C(C)C. The Hall–Kier alpha value is -1.93. The highest BCUT2D eigenvalue weighted by atomic mass is 35.5. The van der Waals surface area contributed by atoms with E-state index in [4.69, 9.17) is 25.8 Å². The van der Waals surface area contributed by atoms with Crippen LogP contribution in [0.4, 0.5) is 0 Å². The number of carbonyl (C=O) groups is 2. The number of ether oxygens (including phenoxy) is 3. The lowest BCUT2D eigenvalue weighted by molar-refractivity contribution is -0.171. The second kappa shape index (κ2) is 9.51. The van der Waals surface area contributed by atoms with Crippen LogP contribution < -0.4 is 0 Å². The monoisotopic (exact) mass is 466 g/mol. The highest BCUT2D eigenvalue weighted by molar-refractivity contribution is 6.18. The zero-order valence-corrected chi connectivity index (χ0v) is 19.6. The number of carbonyl (C=O) groups excluding carboxylic acids is 1. The van der Waals surface area contributed by atoms with Crippen LogP contribution in [0.1, 0.15) is 60.7 Å². The first kappa shape index (κ1) is 24.7. The molecule has 1 aliphatic carbocycles. The molecule has 7 nitrogen and oxygen atoms in total. The lowest BCUT2D eigenvalue weighted by Gasteiger charge is -2.48. The van der Waals surface area contributed by atoms with Crippen molar-refractivity contribution in [2.24, 2.45) is 5.92 Å². The zero-order valence-electron chi connectivity index (χ0n) is 18.8. The number of carboxylic acids is 1. The molecule has 1 heterocycles. The molecule has 6 atom stereocenters. The Morgan fingerprint density at radius 2 is 1.94 bits per heavy atom. The molecule has 1 aliphatic heterocycles. The van der Waals surface area contributed by atoms with Gasteiger partial charge in [-0.3, -0.25) is 0 Å². The van der Waals surface area contributed by atoms with E-state index in [9.17, 15) is 19.8 Å². The fourth-order valence-electron chi connectivity index (χ4n) is 4.88. The van der Waals surface area contributed by atoms with E-state index in [-0.39, 0.29) is 23.1 Å². The predicted octanol–water partition coefficient (Wildman–Crippen LogP) is 3.82. The van der Waals surface area contributed by atoms with Crippen LogP contribution in [-0.4, -0.2) is 64.7 Å². The number of carboxylic acid groups (broad SMARTS) is 1. The number of alkyl halides is 1. The van der Waals surface area contributed by atoms with Gasteiger partial charge in [-0.15, -0.1) is 11.6 Å². The van der Waals surface area contributed by atoms with E-state index in [0.717, 1.165) is 0 Å². The van der Waals surface area contributed by atoms with Crippen LogP contribution >= 0.6 is 11.6 Å². The molecule has 0 aromatic heterocycles. The summed E-state index contributed by atoms with van der Waals surface area (Å²) in [4.78, 5) is 24.4. The highest BCUT2D eigenvalue weighted by Crippen LogP contribution is 2.55. The van der Waals surface area contributed by atoms with Gasteiger partial charge >= 0.3 is 11.9 Å². The van der Waals surface area contributed by atoms with Gasteiger partial charge in [0.1, 0.15) is 17.8 Å². The summed E-state index contributed by atoms with van der Waals surface area (Å²) in [5.41, 5.74) is -0.930. The van der Waals surface area contributed by atoms with E-state index in [1.807, 2.05) is 20.8 Å². The summed E-state index contributed by atoms with van der Waals surface area (Å²) in [7, 11) is 1.50. The number of epoxide rings is 1. The molecule has 0 amide bonds. The molecule has 2 N–H and O–H groups in total. The molecule has 176 valence electrons. The van der Waals surface area contributed by atoms with Crippen LogP contribution in [0.5, 0.6) is 0 Å². The summed E-state index contributed by atoms with van der Waals surface area (Å²) in [5, 5.41) is 20.8. The third-order valence-corrected chi connectivity index (χ3v) is 7.07. The quantitative estimate of drug-likeness (QED) is 0.259. The van der Waals surface area contributed by atoms with Crippen molar-refractivity contribution in [2.45, 2.75) is 69.5 Å². The number of allylic oxidation sites excluding steroid dienone is 1. The third kappa shape index (κ3) is 4.71. The van der Waals surface area contributed by atoms with E-state index in [0.29, 0.717) is 19.3 Å². The maximum absolute atomic E-state index is 12.9. The minimum atomic E-state index is -1.25. The largest absolute Gasteiger partial charge is 0.478 e. The Morgan fingerprint density at radius 1 is 1.28 bits per heavy atom. The Labute approximate surface area is 193 Å². The number of hydrogen-bond acceptors (Lipinski definition) is 6. The molecule has 0 unspecified atom stereocenters. The average molecular weight is 467 g/mol. The molecular formula is C24H31ClO7. The van der Waals surface area contributed by atoms with Crippen molar-refractivity contribution < 1.29 is 34.0 Å².